The molecule has 0 saturated heterocycles. The first-order valence-electron chi connectivity index (χ1n) is 11.5. The summed E-state index contributed by atoms with van der Waals surface area (Å²) in [5.41, 5.74) is 3.22. The molecule has 32 heavy (non-hydrogen) atoms. The minimum Gasteiger partial charge on any atom is -0.472 e. The predicted octanol–water partition coefficient (Wildman–Crippen LogP) is 4.18. The monoisotopic (exact) mass is 435 g/mol. The van der Waals surface area contributed by atoms with Crippen LogP contribution in [-0.4, -0.2) is 38.7 Å². The average Bonchev–Trinajstić information content (AvgIpc) is 3.40. The number of carbonyl (C=O) groups is 1. The molecule has 0 aliphatic carbocycles. The Bertz CT molecular complexity index is 1020. The topological polar surface area (TPSA) is 76.2 Å². The Kier molecular flexibility index (Phi) is 6.74. The number of benzene rings is 1. The van der Waals surface area contributed by atoms with Crippen molar-refractivity contribution in [1.29, 1.82) is 0 Å². The quantitative estimate of drug-likeness (QED) is 0.602. The number of amides is 1. The van der Waals surface area contributed by atoms with Crippen molar-refractivity contribution in [2.45, 2.75) is 59.2 Å². The zero-order valence-electron chi connectivity index (χ0n) is 19.4. The van der Waals surface area contributed by atoms with E-state index in [1.54, 1.807) is 6.07 Å². The first-order valence-corrected chi connectivity index (χ1v) is 11.5. The molecule has 0 bridgehead atoms. The van der Waals surface area contributed by atoms with Gasteiger partial charge in [0.15, 0.2) is 5.82 Å². The van der Waals surface area contributed by atoms with E-state index in [0.29, 0.717) is 11.5 Å². The predicted molar refractivity (Wildman–Crippen MR) is 123 cm³/mol. The minimum absolute atomic E-state index is 0.158. The fourth-order valence-electron chi connectivity index (χ4n) is 4.19. The van der Waals surface area contributed by atoms with Gasteiger partial charge in [-0.3, -0.25) is 9.69 Å². The van der Waals surface area contributed by atoms with Crippen LogP contribution in [0.1, 0.15) is 72.8 Å². The van der Waals surface area contributed by atoms with Crippen LogP contribution in [0.25, 0.3) is 0 Å². The lowest BCUT2D eigenvalue weighted by atomic mass is 10.0. The second-order valence-electron chi connectivity index (χ2n) is 9.26. The molecule has 0 spiro atoms. The van der Waals surface area contributed by atoms with Gasteiger partial charge in [-0.25, -0.2) is 0 Å². The van der Waals surface area contributed by atoms with E-state index in [1.165, 1.54) is 23.7 Å². The summed E-state index contributed by atoms with van der Waals surface area (Å²) in [7, 11) is 0. The second-order valence-corrected chi connectivity index (χ2v) is 9.26. The van der Waals surface area contributed by atoms with Gasteiger partial charge in [0.05, 0.1) is 17.9 Å². The molecule has 1 N–H and O–H groups in total. The lowest BCUT2D eigenvalue weighted by molar-refractivity contribution is 0.0921. The molecule has 170 valence electrons. The van der Waals surface area contributed by atoms with Crippen LogP contribution in [0.2, 0.25) is 0 Å². The van der Waals surface area contributed by atoms with Gasteiger partial charge in [-0.05, 0) is 29.0 Å². The van der Waals surface area contributed by atoms with Crippen molar-refractivity contribution in [1.82, 2.24) is 25.0 Å². The van der Waals surface area contributed by atoms with E-state index in [1.807, 2.05) is 0 Å². The van der Waals surface area contributed by atoms with Crippen molar-refractivity contribution in [2.75, 3.05) is 13.1 Å². The van der Waals surface area contributed by atoms with Gasteiger partial charge in [0.2, 0.25) is 0 Å². The maximum absolute atomic E-state index is 12.6. The second kappa shape index (κ2) is 9.69. The summed E-state index contributed by atoms with van der Waals surface area (Å²) in [5.74, 6) is 2.39. The van der Waals surface area contributed by atoms with Crippen molar-refractivity contribution in [2.24, 2.45) is 5.92 Å². The summed E-state index contributed by atoms with van der Waals surface area (Å²) in [6.45, 7) is 12.2. The van der Waals surface area contributed by atoms with Crippen molar-refractivity contribution >= 4 is 5.91 Å². The molecule has 7 nitrogen and oxygen atoms in total. The summed E-state index contributed by atoms with van der Waals surface area (Å²) >= 11 is 0. The average molecular weight is 436 g/mol. The first-order chi connectivity index (χ1) is 15.4. The van der Waals surface area contributed by atoms with Gasteiger partial charge in [-0.2, -0.15) is 0 Å². The van der Waals surface area contributed by atoms with Crippen LogP contribution in [0.3, 0.4) is 0 Å². The Morgan fingerprint density at radius 2 is 1.84 bits per heavy atom. The lowest BCUT2D eigenvalue weighted by Gasteiger charge is -2.23. The van der Waals surface area contributed by atoms with Gasteiger partial charge in [0.25, 0.3) is 5.91 Å². The van der Waals surface area contributed by atoms with Crippen LogP contribution >= 0.6 is 0 Å². The molecule has 1 atom stereocenters. The molecule has 2 aromatic heterocycles. The number of furan rings is 1. The summed E-state index contributed by atoms with van der Waals surface area (Å²) in [5, 5.41) is 12.1. The Balaban J connectivity index is 1.45. The largest absolute Gasteiger partial charge is 0.472 e. The number of aromatic nitrogens is 3. The SMILES string of the molecule is CC(C)c1ccc(CN2CCc3nnc([C@@H](NC(=O)c4ccoc4)C(C)C)n3CC2)cc1. The number of hydrogen-bond acceptors (Lipinski definition) is 5. The van der Waals surface area contributed by atoms with Crippen LogP contribution in [0.5, 0.6) is 0 Å². The zero-order chi connectivity index (χ0) is 22.7. The highest BCUT2D eigenvalue weighted by Crippen LogP contribution is 2.24. The maximum Gasteiger partial charge on any atom is 0.255 e. The lowest BCUT2D eigenvalue weighted by Crippen LogP contribution is -2.34. The Morgan fingerprint density at radius 3 is 2.50 bits per heavy atom. The van der Waals surface area contributed by atoms with Crippen molar-refractivity contribution < 1.29 is 9.21 Å². The summed E-state index contributed by atoms with van der Waals surface area (Å²) < 4.78 is 7.25. The van der Waals surface area contributed by atoms with Crippen LogP contribution in [-0.2, 0) is 19.5 Å². The standard InChI is InChI=1S/C25H33N5O2/c1-17(2)20-7-5-19(6-8-20)15-29-11-9-22-27-28-24(30(22)13-12-29)23(18(3)4)26-25(31)21-10-14-32-16-21/h5-8,10,14,16-18,23H,9,11-13,15H2,1-4H3,(H,26,31)/t23-/m0/s1. The van der Waals surface area contributed by atoms with E-state index in [4.69, 9.17) is 4.42 Å². The van der Waals surface area contributed by atoms with Gasteiger partial charge >= 0.3 is 0 Å². The highest BCUT2D eigenvalue weighted by Gasteiger charge is 2.28. The first kappa shape index (κ1) is 22.3. The highest BCUT2D eigenvalue weighted by atomic mass is 16.3. The minimum atomic E-state index is -0.214. The molecule has 1 aliphatic heterocycles. The van der Waals surface area contributed by atoms with E-state index in [2.05, 4.69) is 76.9 Å². The number of nitrogens with zero attached hydrogens (tertiary/aromatic N) is 4. The number of carbonyl (C=O) groups excluding carboxylic acids is 1. The van der Waals surface area contributed by atoms with Gasteiger partial charge in [0.1, 0.15) is 12.1 Å². The third-order valence-electron chi connectivity index (χ3n) is 6.21. The number of nitrogens with one attached hydrogen (secondary N) is 1. The van der Waals surface area contributed by atoms with E-state index in [-0.39, 0.29) is 17.9 Å². The molecule has 0 fully saturated rings. The fraction of sp³-hybridized carbons (Fsp3) is 0.480. The molecule has 0 unspecified atom stereocenters. The van der Waals surface area contributed by atoms with Crippen molar-refractivity contribution in [3.05, 3.63) is 71.2 Å². The molecule has 3 heterocycles. The van der Waals surface area contributed by atoms with Crippen LogP contribution in [0.15, 0.2) is 47.3 Å². The summed E-state index contributed by atoms with van der Waals surface area (Å²) in [4.78, 5) is 15.1. The van der Waals surface area contributed by atoms with Crippen LogP contribution < -0.4 is 5.32 Å². The Labute approximate surface area is 189 Å². The molecule has 1 aliphatic rings. The van der Waals surface area contributed by atoms with E-state index in [0.717, 1.165) is 44.2 Å². The zero-order valence-corrected chi connectivity index (χ0v) is 19.4. The van der Waals surface area contributed by atoms with Crippen molar-refractivity contribution in [3.8, 4) is 0 Å². The van der Waals surface area contributed by atoms with Gasteiger partial charge in [-0.15, -0.1) is 10.2 Å². The Hall–Kier alpha value is -2.93. The van der Waals surface area contributed by atoms with Gasteiger partial charge in [-0.1, -0.05) is 52.0 Å². The van der Waals surface area contributed by atoms with Gasteiger partial charge < -0.3 is 14.3 Å². The molecule has 4 rings (SSSR count). The normalized spacial score (nSPS) is 15.6. The van der Waals surface area contributed by atoms with E-state index >= 15 is 0 Å². The third-order valence-corrected chi connectivity index (χ3v) is 6.21. The number of hydrogen-bond donors (Lipinski definition) is 1. The third kappa shape index (κ3) is 4.93. The van der Waals surface area contributed by atoms with Crippen LogP contribution in [0, 0.1) is 5.92 Å². The summed E-state index contributed by atoms with van der Waals surface area (Å²) in [6.07, 6.45) is 3.81. The molecule has 7 heteroatoms. The number of fused-ring (bicyclic) bond motifs is 1. The smallest absolute Gasteiger partial charge is 0.255 e. The Morgan fingerprint density at radius 1 is 1.06 bits per heavy atom. The highest BCUT2D eigenvalue weighted by molar-refractivity contribution is 5.94. The molecule has 1 aromatic carbocycles. The van der Waals surface area contributed by atoms with E-state index < -0.39 is 0 Å². The molecule has 3 aromatic rings. The number of rotatable bonds is 7. The summed E-state index contributed by atoms with van der Waals surface area (Å²) in [6, 6.07) is 10.4. The van der Waals surface area contributed by atoms with Gasteiger partial charge in [0, 0.05) is 32.6 Å². The van der Waals surface area contributed by atoms with E-state index in [9.17, 15) is 4.79 Å². The van der Waals surface area contributed by atoms with Crippen molar-refractivity contribution in [3.63, 3.8) is 0 Å². The maximum atomic E-state index is 12.6. The molecular formula is C25H33N5O2. The fourth-order valence-corrected chi connectivity index (χ4v) is 4.19. The molecular weight excluding hydrogens is 402 g/mol. The van der Waals surface area contributed by atoms with Crippen LogP contribution in [0.4, 0.5) is 0 Å². The molecule has 1 amide bonds. The molecule has 0 saturated carbocycles. The molecule has 0 radical (unpaired) electrons.